The molecule has 0 unspecified atom stereocenters. The molecule has 0 bridgehead atoms. The first kappa shape index (κ1) is 12.6. The third-order valence-corrected chi connectivity index (χ3v) is 2.84. The van der Waals surface area contributed by atoms with E-state index in [1.165, 1.54) is 12.3 Å². The van der Waals surface area contributed by atoms with Crippen molar-refractivity contribution in [2.75, 3.05) is 0 Å². The summed E-state index contributed by atoms with van der Waals surface area (Å²) in [5.74, 6) is -0.516. The van der Waals surface area contributed by atoms with E-state index in [9.17, 15) is 9.90 Å². The zero-order valence-corrected chi connectivity index (χ0v) is 11.0. The molecule has 1 heterocycles. The SMILES string of the molecule is O=C(NCc1cccc(Br)c1)c1ncccc1O. The molecule has 1 amide bonds. The molecule has 2 rings (SSSR count). The predicted octanol–water partition coefficient (Wildman–Crippen LogP) is 2.48. The Labute approximate surface area is 113 Å². The Bertz CT molecular complexity index is 572. The molecule has 1 aromatic carbocycles. The number of amides is 1. The van der Waals surface area contributed by atoms with Crippen molar-refractivity contribution in [3.63, 3.8) is 0 Å². The largest absolute Gasteiger partial charge is 0.505 e. The van der Waals surface area contributed by atoms with E-state index < -0.39 is 5.91 Å². The number of benzene rings is 1. The number of hydrogen-bond donors (Lipinski definition) is 2. The van der Waals surface area contributed by atoms with E-state index in [4.69, 9.17) is 0 Å². The molecule has 92 valence electrons. The predicted molar refractivity (Wildman–Crippen MR) is 71.2 cm³/mol. The summed E-state index contributed by atoms with van der Waals surface area (Å²) in [5.41, 5.74) is 1.00. The fraction of sp³-hybridized carbons (Fsp3) is 0.0769. The van der Waals surface area contributed by atoms with Crippen LogP contribution in [0.25, 0.3) is 0 Å². The standard InChI is InChI=1S/C13H11BrN2O2/c14-10-4-1-3-9(7-10)8-16-13(18)12-11(17)5-2-6-15-12/h1-7,17H,8H2,(H,16,18). The normalized spacial score (nSPS) is 10.1. The lowest BCUT2D eigenvalue weighted by Crippen LogP contribution is -2.23. The molecule has 5 heteroatoms. The highest BCUT2D eigenvalue weighted by atomic mass is 79.9. The smallest absolute Gasteiger partial charge is 0.273 e. The van der Waals surface area contributed by atoms with Crippen LogP contribution in [0.15, 0.2) is 47.1 Å². The van der Waals surface area contributed by atoms with E-state index in [-0.39, 0.29) is 11.4 Å². The van der Waals surface area contributed by atoms with Crippen LogP contribution in [0.5, 0.6) is 5.75 Å². The number of pyridine rings is 1. The molecule has 0 fully saturated rings. The highest BCUT2D eigenvalue weighted by Gasteiger charge is 2.11. The lowest BCUT2D eigenvalue weighted by Gasteiger charge is -2.06. The molecule has 0 saturated carbocycles. The van der Waals surface area contributed by atoms with Crippen LogP contribution in [0.4, 0.5) is 0 Å². The Morgan fingerprint density at radius 2 is 2.17 bits per heavy atom. The lowest BCUT2D eigenvalue weighted by atomic mass is 10.2. The Morgan fingerprint density at radius 3 is 2.89 bits per heavy atom. The van der Waals surface area contributed by atoms with Gasteiger partial charge >= 0.3 is 0 Å². The number of nitrogens with one attached hydrogen (secondary N) is 1. The van der Waals surface area contributed by atoms with Crippen LogP contribution in [0, 0.1) is 0 Å². The van der Waals surface area contributed by atoms with Crippen LogP contribution < -0.4 is 5.32 Å². The average Bonchev–Trinajstić information content (AvgIpc) is 2.37. The van der Waals surface area contributed by atoms with Gasteiger partial charge in [-0.2, -0.15) is 0 Å². The van der Waals surface area contributed by atoms with Gasteiger partial charge in [-0.3, -0.25) is 4.79 Å². The van der Waals surface area contributed by atoms with Gasteiger partial charge in [0.15, 0.2) is 5.69 Å². The first-order valence-corrected chi connectivity index (χ1v) is 6.13. The second-order valence-electron chi connectivity index (χ2n) is 3.68. The van der Waals surface area contributed by atoms with Crippen molar-refractivity contribution >= 4 is 21.8 Å². The van der Waals surface area contributed by atoms with Gasteiger partial charge in [0.2, 0.25) is 0 Å². The number of nitrogens with zero attached hydrogens (tertiary/aromatic N) is 1. The van der Waals surface area contributed by atoms with Gasteiger partial charge in [-0.25, -0.2) is 4.98 Å². The molecule has 0 aliphatic heterocycles. The maximum atomic E-state index is 11.8. The summed E-state index contributed by atoms with van der Waals surface area (Å²) in [7, 11) is 0. The van der Waals surface area contributed by atoms with Crippen LogP contribution in [-0.2, 0) is 6.54 Å². The summed E-state index contributed by atoms with van der Waals surface area (Å²) in [4.78, 5) is 15.6. The maximum Gasteiger partial charge on any atom is 0.273 e. The van der Waals surface area contributed by atoms with Crippen molar-refractivity contribution < 1.29 is 9.90 Å². The summed E-state index contributed by atoms with van der Waals surface area (Å²) in [6.07, 6.45) is 1.47. The molecule has 18 heavy (non-hydrogen) atoms. The molecule has 0 radical (unpaired) electrons. The molecular formula is C13H11BrN2O2. The number of hydrogen-bond acceptors (Lipinski definition) is 3. The summed E-state index contributed by atoms with van der Waals surface area (Å²) >= 11 is 3.36. The van der Waals surface area contributed by atoms with Gasteiger partial charge in [-0.15, -0.1) is 0 Å². The molecule has 0 aliphatic rings. The zero-order chi connectivity index (χ0) is 13.0. The van der Waals surface area contributed by atoms with Gasteiger partial charge in [0, 0.05) is 17.2 Å². The number of aromatic hydroxyl groups is 1. The monoisotopic (exact) mass is 306 g/mol. The number of carbonyl (C=O) groups excluding carboxylic acids is 1. The lowest BCUT2D eigenvalue weighted by molar-refractivity contribution is 0.0943. The number of carbonyl (C=O) groups is 1. The Hall–Kier alpha value is -1.88. The van der Waals surface area contributed by atoms with Crippen LogP contribution in [0.2, 0.25) is 0 Å². The minimum atomic E-state index is -0.395. The van der Waals surface area contributed by atoms with Gasteiger partial charge in [0.05, 0.1) is 0 Å². The summed E-state index contributed by atoms with van der Waals surface area (Å²) in [6, 6.07) is 10.6. The van der Waals surface area contributed by atoms with Crippen molar-refractivity contribution in [1.29, 1.82) is 0 Å². The van der Waals surface area contributed by atoms with E-state index in [1.807, 2.05) is 24.3 Å². The summed E-state index contributed by atoms with van der Waals surface area (Å²) < 4.78 is 0.954. The molecule has 0 spiro atoms. The quantitative estimate of drug-likeness (QED) is 0.916. The Kier molecular flexibility index (Phi) is 3.94. The van der Waals surface area contributed by atoms with Crippen molar-refractivity contribution in [3.8, 4) is 5.75 Å². The second kappa shape index (κ2) is 5.64. The highest BCUT2D eigenvalue weighted by molar-refractivity contribution is 9.10. The van der Waals surface area contributed by atoms with E-state index in [1.54, 1.807) is 6.07 Å². The fourth-order valence-corrected chi connectivity index (χ4v) is 1.93. The van der Waals surface area contributed by atoms with Crippen molar-refractivity contribution in [3.05, 3.63) is 58.3 Å². The minimum absolute atomic E-state index is 0.0347. The zero-order valence-electron chi connectivity index (χ0n) is 9.43. The highest BCUT2D eigenvalue weighted by Crippen LogP contribution is 2.13. The van der Waals surface area contributed by atoms with Crippen LogP contribution >= 0.6 is 15.9 Å². The van der Waals surface area contributed by atoms with E-state index >= 15 is 0 Å². The van der Waals surface area contributed by atoms with Gasteiger partial charge in [0.1, 0.15) is 5.75 Å². The van der Waals surface area contributed by atoms with Crippen molar-refractivity contribution in [1.82, 2.24) is 10.3 Å². The average molecular weight is 307 g/mol. The molecule has 2 aromatic rings. The Balaban J connectivity index is 2.03. The first-order valence-electron chi connectivity index (χ1n) is 5.33. The van der Waals surface area contributed by atoms with Crippen molar-refractivity contribution in [2.45, 2.75) is 6.54 Å². The van der Waals surface area contributed by atoms with Crippen LogP contribution in [0.1, 0.15) is 16.1 Å². The number of aromatic nitrogens is 1. The topological polar surface area (TPSA) is 62.2 Å². The van der Waals surface area contributed by atoms with E-state index in [0.29, 0.717) is 6.54 Å². The van der Waals surface area contributed by atoms with Crippen LogP contribution in [-0.4, -0.2) is 16.0 Å². The Morgan fingerprint density at radius 1 is 1.33 bits per heavy atom. The van der Waals surface area contributed by atoms with Gasteiger partial charge in [0.25, 0.3) is 5.91 Å². The van der Waals surface area contributed by atoms with Gasteiger partial charge < -0.3 is 10.4 Å². The molecule has 0 aliphatic carbocycles. The number of halogens is 1. The first-order chi connectivity index (χ1) is 8.66. The second-order valence-corrected chi connectivity index (χ2v) is 4.60. The summed E-state index contributed by atoms with van der Waals surface area (Å²) in [5, 5.41) is 12.2. The molecule has 1 aromatic heterocycles. The van der Waals surface area contributed by atoms with Crippen LogP contribution in [0.3, 0.4) is 0 Å². The molecule has 2 N–H and O–H groups in total. The third kappa shape index (κ3) is 3.07. The van der Waals surface area contributed by atoms with E-state index in [0.717, 1.165) is 10.0 Å². The fourth-order valence-electron chi connectivity index (χ4n) is 1.48. The third-order valence-electron chi connectivity index (χ3n) is 2.34. The molecule has 4 nitrogen and oxygen atoms in total. The van der Waals surface area contributed by atoms with Gasteiger partial charge in [-0.1, -0.05) is 28.1 Å². The maximum absolute atomic E-state index is 11.8. The van der Waals surface area contributed by atoms with E-state index in [2.05, 4.69) is 26.2 Å². The molecule has 0 saturated heterocycles. The summed E-state index contributed by atoms with van der Waals surface area (Å²) in [6.45, 7) is 0.383. The number of rotatable bonds is 3. The minimum Gasteiger partial charge on any atom is -0.505 e. The molecular weight excluding hydrogens is 296 g/mol. The van der Waals surface area contributed by atoms with Gasteiger partial charge in [-0.05, 0) is 29.8 Å². The van der Waals surface area contributed by atoms with Crippen molar-refractivity contribution in [2.24, 2.45) is 0 Å². The molecule has 0 atom stereocenters.